The number of carbonyl (C=O) groups is 1. The van der Waals surface area contributed by atoms with Crippen molar-refractivity contribution >= 4 is 21.9 Å². The first kappa shape index (κ1) is 9.91. The molecule has 0 aromatic carbocycles. The Morgan fingerprint density at radius 1 is 1.60 bits per heavy atom. The molecule has 0 spiro atoms. The second-order valence-electron chi connectivity index (χ2n) is 2.89. The predicted molar refractivity (Wildman–Crippen MR) is 55.0 cm³/mol. The highest BCUT2D eigenvalue weighted by Gasteiger charge is 2.11. The molecule has 0 atom stereocenters. The third-order valence-corrected chi connectivity index (χ3v) is 2.82. The van der Waals surface area contributed by atoms with Gasteiger partial charge in [0.05, 0.1) is 6.20 Å². The minimum Gasteiger partial charge on any atom is -0.476 e. The van der Waals surface area contributed by atoms with E-state index in [-0.39, 0.29) is 5.69 Å². The number of nitrogens with zero attached hydrogens (tertiary/aromatic N) is 4. The zero-order valence-corrected chi connectivity index (χ0v) is 9.34. The molecule has 0 aliphatic rings. The quantitative estimate of drug-likeness (QED) is 0.886. The Morgan fingerprint density at radius 3 is 2.80 bits per heavy atom. The van der Waals surface area contributed by atoms with Crippen LogP contribution < -0.4 is 0 Å². The van der Waals surface area contributed by atoms with Gasteiger partial charge in [0.1, 0.15) is 10.3 Å². The van der Waals surface area contributed by atoms with E-state index >= 15 is 0 Å². The Bertz CT molecular complexity index is 516. The van der Waals surface area contributed by atoms with Gasteiger partial charge in [-0.3, -0.25) is 4.68 Å². The Kier molecular flexibility index (Phi) is 2.31. The molecule has 0 radical (unpaired) electrons. The van der Waals surface area contributed by atoms with Gasteiger partial charge in [-0.2, -0.15) is 10.2 Å². The molecule has 0 aliphatic heterocycles. The molecular formula is C8H7BrN4O2. The molecule has 2 heterocycles. The maximum absolute atomic E-state index is 10.6. The van der Waals surface area contributed by atoms with E-state index in [2.05, 4.69) is 26.1 Å². The van der Waals surface area contributed by atoms with E-state index < -0.39 is 5.97 Å². The molecule has 0 bridgehead atoms. The van der Waals surface area contributed by atoms with E-state index in [0.29, 0.717) is 5.69 Å². The van der Waals surface area contributed by atoms with Crippen molar-refractivity contribution in [2.24, 2.45) is 7.05 Å². The third kappa shape index (κ3) is 1.65. The average Bonchev–Trinajstić information content (AvgIpc) is 2.76. The fraction of sp³-hybridized carbons (Fsp3) is 0.125. The number of aryl methyl sites for hydroxylation is 1. The lowest BCUT2D eigenvalue weighted by molar-refractivity contribution is 0.0690. The van der Waals surface area contributed by atoms with E-state index in [0.717, 1.165) is 4.60 Å². The fourth-order valence-corrected chi connectivity index (χ4v) is 1.51. The predicted octanol–water partition coefficient (Wildman–Crippen LogP) is 1.07. The number of carboxylic acid groups (broad SMARTS) is 1. The number of hydrogen-bond acceptors (Lipinski definition) is 3. The molecule has 15 heavy (non-hydrogen) atoms. The van der Waals surface area contributed by atoms with Gasteiger partial charge in [0, 0.05) is 13.2 Å². The smallest absolute Gasteiger partial charge is 0.356 e. The molecule has 0 saturated heterocycles. The van der Waals surface area contributed by atoms with Crippen LogP contribution in [-0.4, -0.2) is 30.6 Å². The summed E-state index contributed by atoms with van der Waals surface area (Å²) in [4.78, 5) is 10.6. The largest absolute Gasteiger partial charge is 0.476 e. The van der Waals surface area contributed by atoms with Gasteiger partial charge in [-0.15, -0.1) is 0 Å². The number of halogens is 1. The molecule has 0 aliphatic carbocycles. The molecule has 0 saturated carbocycles. The van der Waals surface area contributed by atoms with Crippen LogP contribution in [0.3, 0.4) is 0 Å². The molecule has 78 valence electrons. The van der Waals surface area contributed by atoms with Gasteiger partial charge in [-0.1, -0.05) is 0 Å². The maximum atomic E-state index is 10.6. The first-order chi connectivity index (χ1) is 7.09. The summed E-state index contributed by atoms with van der Waals surface area (Å²) in [7, 11) is 1.77. The summed E-state index contributed by atoms with van der Waals surface area (Å²) < 4.78 is 3.82. The van der Waals surface area contributed by atoms with Crippen LogP contribution in [-0.2, 0) is 7.05 Å². The zero-order chi connectivity index (χ0) is 11.0. The van der Waals surface area contributed by atoms with Gasteiger partial charge < -0.3 is 5.11 Å². The van der Waals surface area contributed by atoms with Crippen molar-refractivity contribution in [3.05, 3.63) is 28.8 Å². The lowest BCUT2D eigenvalue weighted by Gasteiger charge is -1.97. The monoisotopic (exact) mass is 270 g/mol. The van der Waals surface area contributed by atoms with Gasteiger partial charge in [0.15, 0.2) is 5.69 Å². The van der Waals surface area contributed by atoms with E-state index in [4.69, 9.17) is 5.11 Å². The van der Waals surface area contributed by atoms with Crippen LogP contribution in [0.2, 0.25) is 0 Å². The minimum atomic E-state index is -1.05. The molecule has 2 aromatic rings. The minimum absolute atomic E-state index is 0.00533. The van der Waals surface area contributed by atoms with Crippen molar-refractivity contribution in [1.82, 2.24) is 19.6 Å². The summed E-state index contributed by atoms with van der Waals surface area (Å²) in [5.41, 5.74) is 0.704. The van der Waals surface area contributed by atoms with Crippen molar-refractivity contribution in [2.75, 3.05) is 0 Å². The number of hydrogen-bond donors (Lipinski definition) is 1. The Balaban J connectivity index is 2.46. The lowest BCUT2D eigenvalue weighted by Crippen LogP contribution is -2.01. The average molecular weight is 271 g/mol. The highest BCUT2D eigenvalue weighted by molar-refractivity contribution is 9.10. The Hall–Kier alpha value is -1.63. The summed E-state index contributed by atoms with van der Waals surface area (Å²) in [5.74, 6) is -1.05. The molecular weight excluding hydrogens is 264 g/mol. The van der Waals surface area contributed by atoms with Crippen LogP contribution in [0.5, 0.6) is 0 Å². The highest BCUT2D eigenvalue weighted by Crippen LogP contribution is 2.18. The molecule has 7 heteroatoms. The summed E-state index contributed by atoms with van der Waals surface area (Å²) in [6.07, 6.45) is 3.17. The van der Waals surface area contributed by atoms with Crippen molar-refractivity contribution < 1.29 is 9.90 Å². The van der Waals surface area contributed by atoms with Crippen molar-refractivity contribution in [3.8, 4) is 5.69 Å². The molecule has 2 aromatic heterocycles. The van der Waals surface area contributed by atoms with Crippen LogP contribution in [0, 0.1) is 0 Å². The Morgan fingerprint density at radius 2 is 2.33 bits per heavy atom. The standard InChI is InChI=1S/C8H7BrN4O2/c1-12-7(9)6(4-10-12)13-3-2-5(11-13)8(14)15/h2-4H,1H3,(H,14,15). The van der Waals surface area contributed by atoms with Crippen LogP contribution >= 0.6 is 15.9 Å². The number of aromatic nitrogens is 4. The molecule has 0 fully saturated rings. The SMILES string of the molecule is Cn1ncc(-n2ccc(C(=O)O)n2)c1Br. The summed E-state index contributed by atoms with van der Waals surface area (Å²) in [6.45, 7) is 0. The second-order valence-corrected chi connectivity index (χ2v) is 3.65. The van der Waals surface area contributed by atoms with Gasteiger partial charge in [0.2, 0.25) is 0 Å². The Labute approximate surface area is 93.3 Å². The first-order valence-corrected chi connectivity index (χ1v) is 4.85. The van der Waals surface area contributed by atoms with Gasteiger partial charge in [0.25, 0.3) is 0 Å². The second kappa shape index (κ2) is 3.50. The van der Waals surface area contributed by atoms with Gasteiger partial charge >= 0.3 is 5.97 Å². The molecule has 6 nitrogen and oxygen atoms in total. The highest BCUT2D eigenvalue weighted by atomic mass is 79.9. The van der Waals surface area contributed by atoms with E-state index in [1.807, 2.05) is 0 Å². The number of rotatable bonds is 2. The molecule has 0 amide bonds. The normalized spacial score (nSPS) is 10.5. The van der Waals surface area contributed by atoms with Gasteiger partial charge in [-0.25, -0.2) is 9.48 Å². The van der Waals surface area contributed by atoms with E-state index in [1.54, 1.807) is 24.1 Å². The van der Waals surface area contributed by atoms with Crippen molar-refractivity contribution in [2.45, 2.75) is 0 Å². The van der Waals surface area contributed by atoms with Crippen LogP contribution in [0.25, 0.3) is 5.69 Å². The fourth-order valence-electron chi connectivity index (χ4n) is 1.14. The van der Waals surface area contributed by atoms with Crippen molar-refractivity contribution in [1.29, 1.82) is 0 Å². The number of aromatic carboxylic acids is 1. The summed E-state index contributed by atoms with van der Waals surface area (Å²) in [6, 6.07) is 1.43. The summed E-state index contributed by atoms with van der Waals surface area (Å²) >= 11 is 3.33. The summed E-state index contributed by atoms with van der Waals surface area (Å²) in [5, 5.41) is 16.6. The molecule has 1 N–H and O–H groups in total. The third-order valence-electron chi connectivity index (χ3n) is 1.90. The van der Waals surface area contributed by atoms with Crippen LogP contribution in [0.1, 0.15) is 10.5 Å². The van der Waals surface area contributed by atoms with E-state index in [1.165, 1.54) is 10.7 Å². The maximum Gasteiger partial charge on any atom is 0.356 e. The molecule has 0 unspecified atom stereocenters. The lowest BCUT2D eigenvalue weighted by atomic mass is 10.5. The van der Waals surface area contributed by atoms with Crippen molar-refractivity contribution in [3.63, 3.8) is 0 Å². The zero-order valence-electron chi connectivity index (χ0n) is 7.75. The first-order valence-electron chi connectivity index (χ1n) is 4.06. The number of carboxylic acids is 1. The molecule has 2 rings (SSSR count). The van der Waals surface area contributed by atoms with Crippen LogP contribution in [0.4, 0.5) is 0 Å². The van der Waals surface area contributed by atoms with Crippen LogP contribution in [0.15, 0.2) is 23.1 Å². The van der Waals surface area contributed by atoms with Gasteiger partial charge in [-0.05, 0) is 22.0 Å². The topological polar surface area (TPSA) is 72.9 Å². The van der Waals surface area contributed by atoms with E-state index in [9.17, 15) is 4.79 Å².